The molecule has 1 N–H and O–H groups in total. The third kappa shape index (κ3) is 3.88. The molecule has 5 heteroatoms. The SMILES string of the molecule is O=C(COC(=O)c1cccs1)Nc1ccccc1-c1ccccc1. The maximum atomic E-state index is 12.1. The molecule has 0 saturated heterocycles. The third-order valence-corrected chi connectivity index (χ3v) is 4.19. The minimum atomic E-state index is -0.489. The van der Waals surface area contributed by atoms with E-state index in [-0.39, 0.29) is 12.5 Å². The monoisotopic (exact) mass is 337 g/mol. The number of ether oxygens (including phenoxy) is 1. The van der Waals surface area contributed by atoms with Gasteiger partial charge in [-0.15, -0.1) is 11.3 Å². The number of carbonyl (C=O) groups excluding carboxylic acids is 2. The van der Waals surface area contributed by atoms with Crippen LogP contribution in [-0.4, -0.2) is 18.5 Å². The smallest absolute Gasteiger partial charge is 0.348 e. The largest absolute Gasteiger partial charge is 0.451 e. The van der Waals surface area contributed by atoms with Gasteiger partial charge in [0.25, 0.3) is 5.91 Å². The lowest BCUT2D eigenvalue weighted by Crippen LogP contribution is -2.20. The van der Waals surface area contributed by atoms with Gasteiger partial charge < -0.3 is 10.1 Å². The summed E-state index contributed by atoms with van der Waals surface area (Å²) >= 11 is 1.28. The summed E-state index contributed by atoms with van der Waals surface area (Å²) in [5.74, 6) is -0.861. The number of nitrogens with one attached hydrogen (secondary N) is 1. The van der Waals surface area contributed by atoms with Crippen LogP contribution < -0.4 is 5.32 Å². The van der Waals surface area contributed by atoms with Crippen LogP contribution in [0, 0.1) is 0 Å². The molecule has 1 amide bonds. The van der Waals surface area contributed by atoms with Gasteiger partial charge in [0.15, 0.2) is 6.61 Å². The van der Waals surface area contributed by atoms with Crippen molar-refractivity contribution in [1.82, 2.24) is 0 Å². The summed E-state index contributed by atoms with van der Waals surface area (Å²) in [6, 6.07) is 20.7. The first-order valence-corrected chi connectivity index (χ1v) is 8.27. The predicted molar refractivity (Wildman–Crippen MR) is 95.1 cm³/mol. The summed E-state index contributed by atoms with van der Waals surface area (Å²) in [4.78, 5) is 24.3. The van der Waals surface area contributed by atoms with Crippen LogP contribution in [0.5, 0.6) is 0 Å². The van der Waals surface area contributed by atoms with Gasteiger partial charge in [-0.25, -0.2) is 4.79 Å². The molecule has 1 heterocycles. The molecule has 3 rings (SSSR count). The maximum Gasteiger partial charge on any atom is 0.348 e. The Morgan fingerprint density at radius 2 is 1.67 bits per heavy atom. The first kappa shape index (κ1) is 16.0. The summed E-state index contributed by atoms with van der Waals surface area (Å²) in [5.41, 5.74) is 2.60. The number of benzene rings is 2. The molecule has 24 heavy (non-hydrogen) atoms. The number of anilines is 1. The van der Waals surface area contributed by atoms with E-state index >= 15 is 0 Å². The summed E-state index contributed by atoms with van der Waals surface area (Å²) in [5, 5.41) is 4.58. The predicted octanol–water partition coefficient (Wildman–Crippen LogP) is 4.21. The number of rotatable bonds is 5. The molecule has 0 aliphatic heterocycles. The number of para-hydroxylation sites is 1. The molecule has 3 aromatic rings. The Hall–Kier alpha value is -2.92. The molecule has 0 saturated carbocycles. The second kappa shape index (κ2) is 7.57. The molecule has 0 unspecified atom stereocenters. The Labute approximate surface area is 143 Å². The molecule has 0 atom stereocenters. The van der Waals surface area contributed by atoms with Crippen molar-refractivity contribution < 1.29 is 14.3 Å². The highest BCUT2D eigenvalue weighted by Gasteiger charge is 2.12. The minimum Gasteiger partial charge on any atom is -0.451 e. The molecule has 0 spiro atoms. The zero-order valence-electron chi connectivity index (χ0n) is 12.8. The minimum absolute atomic E-state index is 0.320. The Bertz CT molecular complexity index is 829. The van der Waals surface area contributed by atoms with Crippen LogP contribution in [0.2, 0.25) is 0 Å². The molecule has 0 radical (unpaired) electrons. The normalized spacial score (nSPS) is 10.2. The van der Waals surface area contributed by atoms with E-state index in [1.54, 1.807) is 17.5 Å². The Morgan fingerprint density at radius 3 is 2.42 bits per heavy atom. The molecule has 1 aromatic heterocycles. The summed E-state index contributed by atoms with van der Waals surface area (Å²) < 4.78 is 5.03. The van der Waals surface area contributed by atoms with Crippen molar-refractivity contribution in [3.63, 3.8) is 0 Å². The zero-order chi connectivity index (χ0) is 16.8. The lowest BCUT2D eigenvalue weighted by Gasteiger charge is -2.11. The second-order valence-corrected chi connectivity index (χ2v) is 5.96. The van der Waals surface area contributed by atoms with Gasteiger partial charge in [-0.2, -0.15) is 0 Å². The lowest BCUT2D eigenvalue weighted by atomic mass is 10.0. The maximum absolute atomic E-state index is 12.1. The quantitative estimate of drug-likeness (QED) is 0.710. The fourth-order valence-electron chi connectivity index (χ4n) is 2.24. The number of esters is 1. The number of hydrogen-bond acceptors (Lipinski definition) is 4. The van der Waals surface area contributed by atoms with E-state index in [1.165, 1.54) is 11.3 Å². The van der Waals surface area contributed by atoms with Gasteiger partial charge >= 0.3 is 5.97 Å². The van der Waals surface area contributed by atoms with E-state index in [9.17, 15) is 9.59 Å². The van der Waals surface area contributed by atoms with Crippen molar-refractivity contribution in [1.29, 1.82) is 0 Å². The number of thiophene rings is 1. The number of hydrogen-bond donors (Lipinski definition) is 1. The van der Waals surface area contributed by atoms with Gasteiger partial charge in [0.2, 0.25) is 0 Å². The van der Waals surface area contributed by atoms with Crippen LogP contribution in [0.3, 0.4) is 0 Å². The second-order valence-electron chi connectivity index (χ2n) is 5.01. The summed E-state index contributed by atoms with van der Waals surface area (Å²) in [6.45, 7) is -0.320. The zero-order valence-corrected chi connectivity index (χ0v) is 13.6. The van der Waals surface area contributed by atoms with E-state index in [1.807, 2.05) is 54.6 Å². The molecule has 4 nitrogen and oxygen atoms in total. The van der Waals surface area contributed by atoms with E-state index in [0.717, 1.165) is 11.1 Å². The van der Waals surface area contributed by atoms with E-state index < -0.39 is 5.97 Å². The van der Waals surface area contributed by atoms with E-state index in [4.69, 9.17) is 4.74 Å². The number of carbonyl (C=O) groups is 2. The van der Waals surface area contributed by atoms with E-state index in [2.05, 4.69) is 5.32 Å². The standard InChI is InChI=1S/C19H15NO3S/c21-18(13-23-19(22)17-11-6-12-24-17)20-16-10-5-4-9-15(16)14-7-2-1-3-8-14/h1-12H,13H2,(H,20,21). The molecule has 0 fully saturated rings. The van der Waals surface area contributed by atoms with Crippen LogP contribution in [0.4, 0.5) is 5.69 Å². The highest BCUT2D eigenvalue weighted by atomic mass is 32.1. The van der Waals surface area contributed by atoms with Crippen LogP contribution in [0.1, 0.15) is 9.67 Å². The third-order valence-electron chi connectivity index (χ3n) is 3.34. The van der Waals surface area contributed by atoms with Gasteiger partial charge in [-0.05, 0) is 23.1 Å². The van der Waals surface area contributed by atoms with Gasteiger partial charge in [0.05, 0.1) is 0 Å². The first-order valence-electron chi connectivity index (χ1n) is 7.39. The Morgan fingerprint density at radius 1 is 0.917 bits per heavy atom. The van der Waals surface area contributed by atoms with E-state index in [0.29, 0.717) is 10.6 Å². The Balaban J connectivity index is 1.66. The van der Waals surface area contributed by atoms with Crippen LogP contribution >= 0.6 is 11.3 Å². The van der Waals surface area contributed by atoms with Gasteiger partial charge in [0, 0.05) is 11.3 Å². The number of amides is 1. The van der Waals surface area contributed by atoms with Crippen molar-refractivity contribution in [3.05, 3.63) is 77.0 Å². The molecule has 0 bridgehead atoms. The van der Waals surface area contributed by atoms with Crippen molar-refractivity contribution in [3.8, 4) is 11.1 Å². The summed E-state index contributed by atoms with van der Waals surface area (Å²) in [6.07, 6.45) is 0. The van der Waals surface area contributed by atoms with Crippen LogP contribution in [0.15, 0.2) is 72.1 Å². The van der Waals surface area contributed by atoms with Crippen molar-refractivity contribution in [2.24, 2.45) is 0 Å². The molecular formula is C19H15NO3S. The topological polar surface area (TPSA) is 55.4 Å². The van der Waals surface area contributed by atoms with Crippen LogP contribution in [0.25, 0.3) is 11.1 Å². The van der Waals surface area contributed by atoms with Crippen molar-refractivity contribution in [2.45, 2.75) is 0 Å². The lowest BCUT2D eigenvalue weighted by molar-refractivity contribution is -0.119. The molecular weight excluding hydrogens is 322 g/mol. The fraction of sp³-hybridized carbons (Fsp3) is 0.0526. The van der Waals surface area contributed by atoms with Crippen molar-refractivity contribution in [2.75, 3.05) is 11.9 Å². The van der Waals surface area contributed by atoms with Gasteiger partial charge in [0.1, 0.15) is 4.88 Å². The first-order chi connectivity index (χ1) is 11.7. The van der Waals surface area contributed by atoms with Crippen LogP contribution in [-0.2, 0) is 9.53 Å². The van der Waals surface area contributed by atoms with Gasteiger partial charge in [-0.1, -0.05) is 54.6 Å². The fourth-order valence-corrected chi connectivity index (χ4v) is 2.86. The average Bonchev–Trinajstić information content (AvgIpc) is 3.16. The highest BCUT2D eigenvalue weighted by molar-refractivity contribution is 7.11. The average molecular weight is 337 g/mol. The summed E-state index contributed by atoms with van der Waals surface area (Å²) in [7, 11) is 0. The molecule has 0 aliphatic carbocycles. The molecule has 2 aromatic carbocycles. The highest BCUT2D eigenvalue weighted by Crippen LogP contribution is 2.27. The molecule has 0 aliphatic rings. The molecule has 120 valence electrons. The van der Waals surface area contributed by atoms with Gasteiger partial charge in [-0.3, -0.25) is 4.79 Å². The van der Waals surface area contributed by atoms with Crippen molar-refractivity contribution >= 4 is 28.9 Å². The Kier molecular flexibility index (Phi) is 5.03.